The zero-order chi connectivity index (χ0) is 29.4. The Morgan fingerprint density at radius 1 is 0.477 bits per heavy atom. The second-order valence-electron chi connectivity index (χ2n) is 12.9. The Kier molecular flexibility index (Phi) is 6.00. The lowest BCUT2D eigenvalue weighted by Crippen LogP contribution is -2.20. The average molecular weight is 583 g/mol. The van der Waals surface area contributed by atoms with E-state index in [1.165, 1.54) is 96.9 Å². The van der Waals surface area contributed by atoms with Crippen LogP contribution in [0.15, 0.2) is 126 Å². The molecule has 9 rings (SSSR count). The van der Waals surface area contributed by atoms with Crippen molar-refractivity contribution in [2.45, 2.75) is 49.3 Å². The first-order valence-corrected chi connectivity index (χ1v) is 16.5. The summed E-state index contributed by atoms with van der Waals surface area (Å²) >= 11 is 4.76. The Bertz CT molecular complexity index is 2270. The van der Waals surface area contributed by atoms with Crippen molar-refractivity contribution >= 4 is 44.9 Å². The molecule has 212 valence electrons. The Morgan fingerprint density at radius 2 is 1.07 bits per heavy atom. The molecule has 0 aliphatic heterocycles. The van der Waals surface area contributed by atoms with Crippen molar-refractivity contribution in [2.75, 3.05) is 0 Å². The number of benzene rings is 7. The lowest BCUT2D eigenvalue weighted by atomic mass is 9.66. The number of rotatable bonds is 3. The van der Waals surface area contributed by atoms with Crippen molar-refractivity contribution < 1.29 is 0 Å². The fourth-order valence-corrected chi connectivity index (χ4v) is 8.77. The summed E-state index contributed by atoms with van der Waals surface area (Å²) in [5.41, 5.74) is 11.8. The third kappa shape index (κ3) is 3.92. The predicted octanol–water partition coefficient (Wildman–Crippen LogP) is 12.5. The van der Waals surface area contributed by atoms with Crippen LogP contribution in [-0.4, -0.2) is 0 Å². The summed E-state index contributed by atoms with van der Waals surface area (Å²) < 4.78 is 0. The van der Waals surface area contributed by atoms with Gasteiger partial charge in [0.05, 0.1) is 0 Å². The maximum atomic E-state index is 4.76. The van der Waals surface area contributed by atoms with Gasteiger partial charge in [-0.3, -0.25) is 0 Å². The first-order chi connectivity index (χ1) is 21.7. The molecule has 1 fully saturated rings. The SMILES string of the molecule is Cc1ccc(-c2cccc(-c3ccc4c(c3)c3cccc5c3c3c(cccc43)C3CCCCC53)c2)cc1-c1ccccc1S. The first-order valence-electron chi connectivity index (χ1n) is 16.1. The van der Waals surface area contributed by atoms with E-state index >= 15 is 0 Å². The summed E-state index contributed by atoms with van der Waals surface area (Å²) in [7, 11) is 0. The van der Waals surface area contributed by atoms with Crippen LogP contribution in [0.25, 0.3) is 65.7 Å². The monoisotopic (exact) mass is 582 g/mol. The molecule has 1 heteroatoms. The second-order valence-corrected chi connectivity index (χ2v) is 13.4. The van der Waals surface area contributed by atoms with E-state index in [1.54, 1.807) is 11.1 Å². The Balaban J connectivity index is 1.21. The number of hydrogen-bond acceptors (Lipinski definition) is 1. The third-order valence-corrected chi connectivity index (χ3v) is 11.0. The molecule has 0 aromatic heterocycles. The van der Waals surface area contributed by atoms with Gasteiger partial charge in [0.25, 0.3) is 0 Å². The smallest absolute Gasteiger partial charge is 0.0119 e. The second kappa shape index (κ2) is 10.1. The van der Waals surface area contributed by atoms with E-state index in [2.05, 4.69) is 122 Å². The van der Waals surface area contributed by atoms with E-state index in [-0.39, 0.29) is 0 Å². The maximum Gasteiger partial charge on any atom is 0.0119 e. The summed E-state index contributed by atoms with van der Waals surface area (Å²) in [5, 5.41) is 8.59. The highest BCUT2D eigenvalue weighted by Crippen LogP contribution is 2.54. The van der Waals surface area contributed by atoms with Gasteiger partial charge in [-0.2, -0.15) is 0 Å². The van der Waals surface area contributed by atoms with Gasteiger partial charge >= 0.3 is 0 Å². The fraction of sp³-hybridized carbons (Fsp3) is 0.163. The van der Waals surface area contributed by atoms with Gasteiger partial charge in [0.2, 0.25) is 0 Å². The van der Waals surface area contributed by atoms with Crippen LogP contribution in [0.5, 0.6) is 0 Å². The number of fused-ring (bicyclic) bond motifs is 6. The molecular formula is C43H34S. The number of thiol groups is 1. The molecule has 7 aromatic rings. The highest BCUT2D eigenvalue weighted by molar-refractivity contribution is 7.80. The molecule has 0 bridgehead atoms. The Labute approximate surface area is 264 Å². The van der Waals surface area contributed by atoms with Crippen LogP contribution in [-0.2, 0) is 0 Å². The number of hydrogen-bond donors (Lipinski definition) is 1. The summed E-state index contributed by atoms with van der Waals surface area (Å²) in [6, 6.07) is 45.6. The molecule has 0 amide bonds. The Morgan fingerprint density at radius 3 is 1.77 bits per heavy atom. The molecule has 0 radical (unpaired) electrons. The summed E-state index contributed by atoms with van der Waals surface area (Å²) in [5.74, 6) is 1.31. The van der Waals surface area contributed by atoms with E-state index in [4.69, 9.17) is 12.6 Å². The third-order valence-electron chi connectivity index (χ3n) is 10.6. The predicted molar refractivity (Wildman–Crippen MR) is 191 cm³/mol. The summed E-state index contributed by atoms with van der Waals surface area (Å²) in [6.07, 6.45) is 5.33. The summed E-state index contributed by atoms with van der Waals surface area (Å²) in [4.78, 5) is 1.01. The van der Waals surface area contributed by atoms with Gasteiger partial charge < -0.3 is 0 Å². The van der Waals surface area contributed by atoms with Crippen LogP contribution < -0.4 is 0 Å². The summed E-state index contributed by atoms with van der Waals surface area (Å²) in [6.45, 7) is 2.18. The van der Waals surface area contributed by atoms with E-state index in [1.807, 2.05) is 6.07 Å². The van der Waals surface area contributed by atoms with Gasteiger partial charge in [-0.25, -0.2) is 0 Å². The molecule has 0 N–H and O–H groups in total. The minimum Gasteiger partial charge on any atom is -0.143 e. The van der Waals surface area contributed by atoms with Gasteiger partial charge in [0.1, 0.15) is 0 Å². The number of aryl methyl sites for hydroxylation is 1. The van der Waals surface area contributed by atoms with Crippen molar-refractivity contribution in [1.29, 1.82) is 0 Å². The van der Waals surface area contributed by atoms with Gasteiger partial charge in [0.15, 0.2) is 0 Å². The molecule has 2 aliphatic rings. The van der Waals surface area contributed by atoms with E-state index < -0.39 is 0 Å². The average Bonchev–Trinajstić information content (AvgIpc) is 3.08. The van der Waals surface area contributed by atoms with Crippen LogP contribution in [0, 0.1) is 6.92 Å². The molecule has 1 saturated carbocycles. The van der Waals surface area contributed by atoms with E-state index in [0.29, 0.717) is 11.8 Å². The lowest BCUT2D eigenvalue weighted by molar-refractivity contribution is 0.387. The molecule has 0 heterocycles. The standard InChI is InChI=1S/C43H34S/c1-26-19-20-29(24-39(26)34-13-4-5-18-41(34)44)27-9-6-10-28(23-27)30-21-22-33-37-16-7-14-35-31-11-2-3-12-32(31)36-15-8-17-38(40(33)25-30)43(36)42(35)37/h4-10,13-25,31-32,44H,2-3,11-12H2,1H3. The van der Waals surface area contributed by atoms with Gasteiger partial charge in [0, 0.05) is 4.90 Å². The van der Waals surface area contributed by atoms with Crippen molar-refractivity contribution in [1.82, 2.24) is 0 Å². The van der Waals surface area contributed by atoms with Crippen molar-refractivity contribution in [3.8, 4) is 33.4 Å². The minimum atomic E-state index is 0.650. The van der Waals surface area contributed by atoms with Crippen molar-refractivity contribution in [2.24, 2.45) is 0 Å². The molecule has 2 aliphatic carbocycles. The van der Waals surface area contributed by atoms with Gasteiger partial charge in [-0.1, -0.05) is 110 Å². The largest absolute Gasteiger partial charge is 0.143 e. The minimum absolute atomic E-state index is 0.650. The Hall–Kier alpha value is -4.33. The van der Waals surface area contributed by atoms with Gasteiger partial charge in [-0.05, 0) is 138 Å². The lowest BCUT2D eigenvalue weighted by Gasteiger charge is -2.38. The van der Waals surface area contributed by atoms with E-state index in [9.17, 15) is 0 Å². The van der Waals surface area contributed by atoms with Crippen molar-refractivity contribution in [3.05, 3.63) is 138 Å². The van der Waals surface area contributed by atoms with Crippen LogP contribution in [0.2, 0.25) is 0 Å². The quantitative estimate of drug-likeness (QED) is 0.155. The van der Waals surface area contributed by atoms with Crippen LogP contribution in [0.3, 0.4) is 0 Å². The molecule has 0 nitrogen and oxygen atoms in total. The zero-order valence-electron chi connectivity index (χ0n) is 25.0. The highest BCUT2D eigenvalue weighted by atomic mass is 32.1. The molecule has 7 aromatic carbocycles. The topological polar surface area (TPSA) is 0 Å². The molecule has 2 unspecified atom stereocenters. The van der Waals surface area contributed by atoms with Gasteiger partial charge in [-0.15, -0.1) is 12.6 Å². The van der Waals surface area contributed by atoms with Crippen LogP contribution in [0.4, 0.5) is 0 Å². The highest BCUT2D eigenvalue weighted by Gasteiger charge is 2.34. The zero-order valence-corrected chi connectivity index (χ0v) is 25.9. The first kappa shape index (κ1) is 26.1. The van der Waals surface area contributed by atoms with Crippen molar-refractivity contribution in [3.63, 3.8) is 0 Å². The molecule has 2 atom stereocenters. The molecular weight excluding hydrogens is 549 g/mol. The maximum absolute atomic E-state index is 4.76. The molecule has 0 saturated heterocycles. The van der Waals surface area contributed by atoms with Crippen LogP contribution >= 0.6 is 12.6 Å². The molecule has 44 heavy (non-hydrogen) atoms. The normalized spacial score (nSPS) is 17.4. The van der Waals surface area contributed by atoms with Crippen LogP contribution in [0.1, 0.15) is 54.2 Å². The molecule has 0 spiro atoms. The fourth-order valence-electron chi connectivity index (χ4n) is 8.49. The van der Waals surface area contributed by atoms with E-state index in [0.717, 1.165) is 4.90 Å².